The molecular weight excluding hydrogens is 375 g/mol. The van der Waals surface area contributed by atoms with Crippen LogP contribution in [0.5, 0.6) is 0 Å². The second kappa shape index (κ2) is 6.39. The molecule has 3 heterocycles. The van der Waals surface area contributed by atoms with Gasteiger partial charge in [-0.2, -0.15) is 5.10 Å². The van der Waals surface area contributed by atoms with Crippen LogP contribution in [0.3, 0.4) is 0 Å². The first-order valence-corrected chi connectivity index (χ1v) is 8.90. The highest BCUT2D eigenvalue weighted by molar-refractivity contribution is 7.80. The predicted molar refractivity (Wildman–Crippen MR) is 97.6 cm³/mol. The molecule has 0 aromatic carbocycles. The highest BCUT2D eigenvalue weighted by Gasteiger charge is 2.43. The molecule has 0 radical (unpaired) electrons. The van der Waals surface area contributed by atoms with E-state index in [1.807, 2.05) is 17.3 Å². The molecule has 1 N–H and O–H groups in total. The van der Waals surface area contributed by atoms with E-state index in [0.717, 1.165) is 5.56 Å². The fourth-order valence-electron chi connectivity index (χ4n) is 2.75. The van der Waals surface area contributed by atoms with E-state index in [2.05, 4.69) is 10.4 Å². The molecule has 1 fully saturated rings. The third-order valence-corrected chi connectivity index (χ3v) is 6.16. The Morgan fingerprint density at radius 2 is 2.22 bits per heavy atom. The van der Waals surface area contributed by atoms with Crippen molar-refractivity contribution < 1.29 is 4.79 Å². The number of carbonyl (C=O) groups excluding carboxylic acids is 1. The molecule has 3 rings (SSSR count). The van der Waals surface area contributed by atoms with E-state index in [1.165, 1.54) is 11.3 Å². The molecule has 9 heteroatoms. The van der Waals surface area contributed by atoms with Crippen molar-refractivity contribution in [1.29, 1.82) is 0 Å². The Morgan fingerprint density at radius 3 is 2.78 bits per heavy atom. The summed E-state index contributed by atoms with van der Waals surface area (Å²) in [6.45, 7) is 0.625. The number of likely N-dealkylation sites (N-methyl/N-ethyl adjacent to an activating group) is 1. The number of nitrogens with zero attached hydrogens (tertiary/aromatic N) is 3. The van der Waals surface area contributed by atoms with Crippen molar-refractivity contribution in [3.8, 4) is 0 Å². The largest absolute Gasteiger partial charge is 0.368 e. The highest BCUT2D eigenvalue weighted by Crippen LogP contribution is 2.38. The molecule has 1 amide bonds. The third-order valence-electron chi connectivity index (χ3n) is 3.97. The smallest absolute Gasteiger partial charge is 0.235 e. The number of amides is 1. The van der Waals surface area contributed by atoms with Gasteiger partial charge in [-0.3, -0.25) is 9.48 Å². The maximum absolute atomic E-state index is 12.8. The molecule has 23 heavy (non-hydrogen) atoms. The van der Waals surface area contributed by atoms with Gasteiger partial charge in [-0.05, 0) is 11.4 Å². The topological polar surface area (TPSA) is 50.2 Å². The number of likely N-dealkylation sites (tertiary alicyclic amines) is 1. The first-order valence-electron chi connectivity index (χ1n) is 6.86. The van der Waals surface area contributed by atoms with Gasteiger partial charge >= 0.3 is 0 Å². The summed E-state index contributed by atoms with van der Waals surface area (Å²) >= 11 is 19.2. The minimum atomic E-state index is -0.479. The Bertz CT molecular complexity index is 773. The number of thiocarbonyl (C=S) groups is 1. The molecule has 0 saturated carbocycles. The summed E-state index contributed by atoms with van der Waals surface area (Å²) in [5.41, 5.74) is 1.44. The number of anilines is 1. The van der Waals surface area contributed by atoms with E-state index in [9.17, 15) is 4.79 Å². The minimum Gasteiger partial charge on any atom is -0.368 e. The van der Waals surface area contributed by atoms with Gasteiger partial charge in [0, 0.05) is 32.1 Å². The lowest BCUT2D eigenvalue weighted by Crippen LogP contribution is -2.31. The van der Waals surface area contributed by atoms with Crippen LogP contribution in [0, 0.1) is 5.92 Å². The number of rotatable bonds is 3. The molecule has 1 aliphatic heterocycles. The summed E-state index contributed by atoms with van der Waals surface area (Å²) in [6, 6.07) is 1.78. The Balaban J connectivity index is 1.90. The molecule has 0 bridgehead atoms. The first kappa shape index (κ1) is 16.7. The number of thiophene rings is 1. The summed E-state index contributed by atoms with van der Waals surface area (Å²) in [4.78, 5) is 15.3. The van der Waals surface area contributed by atoms with Crippen molar-refractivity contribution in [2.45, 2.75) is 5.92 Å². The zero-order valence-electron chi connectivity index (χ0n) is 12.4. The normalized spacial score (nSPS) is 21.0. The van der Waals surface area contributed by atoms with Crippen LogP contribution in [0.25, 0.3) is 0 Å². The monoisotopic (exact) mass is 388 g/mol. The van der Waals surface area contributed by atoms with Crippen LogP contribution in [0.4, 0.5) is 5.69 Å². The first-order chi connectivity index (χ1) is 10.9. The minimum absolute atomic E-state index is 0.133. The second-order valence-corrected chi connectivity index (χ2v) is 7.71. The molecule has 5 nitrogen and oxygen atoms in total. The van der Waals surface area contributed by atoms with Crippen molar-refractivity contribution in [2.24, 2.45) is 13.0 Å². The van der Waals surface area contributed by atoms with Crippen LogP contribution in [-0.2, 0) is 11.8 Å². The molecule has 0 aliphatic carbocycles. The second-order valence-electron chi connectivity index (χ2n) is 5.41. The predicted octanol–water partition coefficient (Wildman–Crippen LogP) is 3.40. The van der Waals surface area contributed by atoms with Crippen molar-refractivity contribution in [3.05, 3.63) is 32.7 Å². The maximum Gasteiger partial charge on any atom is 0.235 e. The molecule has 2 aromatic rings. The fraction of sp³-hybridized carbons (Fsp3) is 0.357. The van der Waals surface area contributed by atoms with Crippen LogP contribution < -0.4 is 5.32 Å². The van der Waals surface area contributed by atoms with Crippen LogP contribution in [0.2, 0.25) is 9.49 Å². The van der Waals surface area contributed by atoms with Crippen LogP contribution in [0.15, 0.2) is 17.6 Å². The molecule has 1 aliphatic rings. The highest BCUT2D eigenvalue weighted by atomic mass is 35.5. The van der Waals surface area contributed by atoms with Crippen molar-refractivity contribution >= 4 is 63.3 Å². The quantitative estimate of drug-likeness (QED) is 0.818. The van der Waals surface area contributed by atoms with Crippen molar-refractivity contribution in [3.63, 3.8) is 0 Å². The molecule has 0 unspecified atom stereocenters. The Morgan fingerprint density at radius 1 is 1.48 bits per heavy atom. The lowest BCUT2D eigenvalue weighted by molar-refractivity contribution is -0.118. The summed E-state index contributed by atoms with van der Waals surface area (Å²) in [5.74, 6) is -0.789. The molecule has 2 aromatic heterocycles. The number of hydrogen-bond donors (Lipinski definition) is 1. The summed E-state index contributed by atoms with van der Waals surface area (Å²) in [6.07, 6.45) is 1.70. The number of halogens is 2. The Kier molecular flexibility index (Phi) is 4.64. The van der Waals surface area contributed by atoms with Gasteiger partial charge in [-0.1, -0.05) is 35.4 Å². The van der Waals surface area contributed by atoms with Gasteiger partial charge in [0.1, 0.15) is 9.49 Å². The molecular formula is C14H14Cl2N4OS2. The van der Waals surface area contributed by atoms with Crippen molar-refractivity contribution in [2.75, 3.05) is 18.9 Å². The SMILES string of the molecule is CN1C[C@H](c2cnn(C)c2Cl)[C@@H](C(=O)Nc2ccsc2Cl)C1=S. The lowest BCUT2D eigenvalue weighted by Gasteiger charge is -2.17. The number of hydrogen-bond acceptors (Lipinski definition) is 4. The maximum atomic E-state index is 12.8. The van der Waals surface area contributed by atoms with E-state index in [0.29, 0.717) is 26.7 Å². The number of aryl methyl sites for hydroxylation is 1. The van der Waals surface area contributed by atoms with Crippen molar-refractivity contribution in [1.82, 2.24) is 14.7 Å². The Labute approximate surface area is 153 Å². The standard InChI is InChI=1S/C14H14Cl2N4OS2/c1-19-6-8(7-5-17-20(2)11(7)15)10(14(19)22)13(21)18-9-3-4-23-12(9)16/h3-5,8,10H,6H2,1-2H3,(H,18,21)/t8-,10+/m1/s1. The lowest BCUT2D eigenvalue weighted by atomic mass is 9.90. The van der Waals surface area contributed by atoms with Crippen LogP contribution in [0.1, 0.15) is 11.5 Å². The summed E-state index contributed by atoms with van der Waals surface area (Å²) in [5, 5.41) is 9.38. The van der Waals surface area contributed by atoms with Gasteiger partial charge in [0.25, 0.3) is 0 Å². The van der Waals surface area contributed by atoms with E-state index < -0.39 is 5.92 Å². The Hall–Kier alpha value is -1.15. The van der Waals surface area contributed by atoms with Crippen LogP contribution in [-0.4, -0.2) is 39.2 Å². The van der Waals surface area contributed by atoms with Gasteiger partial charge < -0.3 is 10.2 Å². The van der Waals surface area contributed by atoms with Gasteiger partial charge in [0.2, 0.25) is 5.91 Å². The van der Waals surface area contributed by atoms with Gasteiger partial charge in [-0.15, -0.1) is 11.3 Å². The number of aromatic nitrogens is 2. The molecule has 2 atom stereocenters. The zero-order chi connectivity index (χ0) is 16.7. The average molecular weight is 389 g/mol. The van der Waals surface area contributed by atoms with E-state index in [4.69, 9.17) is 35.4 Å². The summed E-state index contributed by atoms with van der Waals surface area (Å²) in [7, 11) is 3.65. The van der Waals surface area contributed by atoms with E-state index in [1.54, 1.807) is 24.0 Å². The fourth-order valence-corrected chi connectivity index (χ4v) is 4.17. The average Bonchev–Trinajstić information content (AvgIpc) is 3.13. The third kappa shape index (κ3) is 2.98. The van der Waals surface area contributed by atoms with Gasteiger partial charge in [0.15, 0.2) is 0 Å². The van der Waals surface area contributed by atoms with Gasteiger partial charge in [-0.25, -0.2) is 0 Å². The zero-order valence-corrected chi connectivity index (χ0v) is 15.6. The van der Waals surface area contributed by atoms with E-state index >= 15 is 0 Å². The summed E-state index contributed by atoms with van der Waals surface area (Å²) < 4.78 is 2.13. The van der Waals surface area contributed by atoms with Crippen LogP contribution >= 0.6 is 46.8 Å². The number of nitrogens with one attached hydrogen (secondary N) is 1. The van der Waals surface area contributed by atoms with E-state index in [-0.39, 0.29) is 11.8 Å². The van der Waals surface area contributed by atoms with Gasteiger partial charge in [0.05, 0.1) is 22.8 Å². The molecule has 1 saturated heterocycles. The number of carbonyl (C=O) groups is 1. The molecule has 122 valence electrons. The molecule has 0 spiro atoms.